The number of benzene rings is 1. The van der Waals surface area contributed by atoms with Gasteiger partial charge in [-0.1, -0.05) is 24.3 Å². The molecule has 3 nitrogen and oxygen atoms in total. The number of aromatic nitrogens is 2. The van der Waals surface area contributed by atoms with Gasteiger partial charge in [-0.05, 0) is 30.7 Å². The number of hydrogen-bond donors (Lipinski definition) is 2. The molecule has 0 bridgehead atoms. The van der Waals surface area contributed by atoms with Crippen molar-refractivity contribution in [1.82, 2.24) is 15.3 Å². The van der Waals surface area contributed by atoms with Gasteiger partial charge in [0.1, 0.15) is 0 Å². The minimum absolute atomic E-state index is 0.793. The highest BCUT2D eigenvalue weighted by Gasteiger charge is 2.02. The average molecular weight is 251 g/mol. The van der Waals surface area contributed by atoms with E-state index in [1.54, 1.807) is 0 Å². The third-order valence-corrected chi connectivity index (χ3v) is 3.24. The highest BCUT2D eigenvalue weighted by atomic mass is 14.9. The smallest absolute Gasteiger partial charge is 0.0544 e. The summed E-state index contributed by atoms with van der Waals surface area (Å²) < 4.78 is 0. The van der Waals surface area contributed by atoms with Crippen molar-refractivity contribution in [3.05, 3.63) is 65.6 Å². The van der Waals surface area contributed by atoms with Crippen LogP contribution in [0, 0.1) is 6.92 Å². The minimum atomic E-state index is 0.793. The fourth-order valence-electron chi connectivity index (χ4n) is 2.30. The van der Waals surface area contributed by atoms with Crippen molar-refractivity contribution < 1.29 is 0 Å². The fourth-order valence-corrected chi connectivity index (χ4v) is 2.30. The fraction of sp³-hybridized carbons (Fsp3) is 0.188. The third kappa shape index (κ3) is 2.66. The first-order chi connectivity index (χ1) is 9.33. The molecule has 0 aliphatic rings. The van der Waals surface area contributed by atoms with Crippen LogP contribution in [0.1, 0.15) is 17.0 Å². The van der Waals surface area contributed by atoms with Crippen LogP contribution in [-0.2, 0) is 13.1 Å². The Labute approximate surface area is 112 Å². The van der Waals surface area contributed by atoms with Gasteiger partial charge in [-0.2, -0.15) is 0 Å². The SMILES string of the molecule is Cc1cccc(CNCc2c[nH]c3ccccc23)n1. The molecule has 0 unspecified atom stereocenters. The van der Waals surface area contributed by atoms with Crippen LogP contribution < -0.4 is 5.32 Å². The maximum Gasteiger partial charge on any atom is 0.0544 e. The number of pyridine rings is 1. The van der Waals surface area contributed by atoms with Gasteiger partial charge in [-0.25, -0.2) is 0 Å². The Morgan fingerprint density at radius 3 is 2.84 bits per heavy atom. The van der Waals surface area contributed by atoms with E-state index in [4.69, 9.17) is 0 Å². The third-order valence-electron chi connectivity index (χ3n) is 3.24. The van der Waals surface area contributed by atoms with E-state index in [0.29, 0.717) is 0 Å². The van der Waals surface area contributed by atoms with Crippen molar-refractivity contribution in [2.75, 3.05) is 0 Å². The number of hydrogen-bond acceptors (Lipinski definition) is 2. The van der Waals surface area contributed by atoms with Gasteiger partial charge >= 0.3 is 0 Å². The molecule has 3 heteroatoms. The molecule has 0 aliphatic carbocycles. The Bertz CT molecular complexity index is 685. The van der Waals surface area contributed by atoms with E-state index in [9.17, 15) is 0 Å². The number of nitrogens with one attached hydrogen (secondary N) is 2. The number of nitrogens with zero attached hydrogens (tertiary/aromatic N) is 1. The quantitative estimate of drug-likeness (QED) is 0.747. The molecule has 0 spiro atoms. The lowest BCUT2D eigenvalue weighted by Crippen LogP contribution is -2.13. The van der Waals surface area contributed by atoms with E-state index in [2.05, 4.69) is 45.7 Å². The Morgan fingerprint density at radius 1 is 1.05 bits per heavy atom. The highest BCUT2D eigenvalue weighted by molar-refractivity contribution is 5.82. The summed E-state index contributed by atoms with van der Waals surface area (Å²) >= 11 is 0. The Kier molecular flexibility index (Phi) is 3.29. The predicted octanol–water partition coefficient (Wildman–Crippen LogP) is 3.16. The molecule has 0 amide bonds. The number of H-pyrrole nitrogens is 1. The summed E-state index contributed by atoms with van der Waals surface area (Å²) in [5.41, 5.74) is 4.63. The van der Waals surface area contributed by atoms with Crippen LogP contribution in [0.5, 0.6) is 0 Å². The van der Waals surface area contributed by atoms with Crippen molar-refractivity contribution >= 4 is 10.9 Å². The van der Waals surface area contributed by atoms with Crippen LogP contribution >= 0.6 is 0 Å². The Hall–Kier alpha value is -2.13. The molecule has 2 heterocycles. The largest absolute Gasteiger partial charge is 0.361 e. The second-order valence-electron chi connectivity index (χ2n) is 4.73. The molecule has 0 atom stereocenters. The van der Waals surface area contributed by atoms with Crippen LogP contribution in [-0.4, -0.2) is 9.97 Å². The van der Waals surface area contributed by atoms with Crippen molar-refractivity contribution in [1.29, 1.82) is 0 Å². The molecule has 3 aromatic rings. The number of para-hydroxylation sites is 1. The van der Waals surface area contributed by atoms with Crippen molar-refractivity contribution in [3.8, 4) is 0 Å². The summed E-state index contributed by atoms with van der Waals surface area (Å²) in [6.45, 7) is 3.66. The van der Waals surface area contributed by atoms with E-state index in [1.165, 1.54) is 16.5 Å². The van der Waals surface area contributed by atoms with Gasteiger partial charge in [0.2, 0.25) is 0 Å². The summed E-state index contributed by atoms with van der Waals surface area (Å²) in [6.07, 6.45) is 2.07. The second-order valence-corrected chi connectivity index (χ2v) is 4.73. The molecule has 2 aromatic heterocycles. The first-order valence-corrected chi connectivity index (χ1v) is 6.51. The molecular weight excluding hydrogens is 234 g/mol. The van der Waals surface area contributed by atoms with Crippen molar-refractivity contribution in [2.45, 2.75) is 20.0 Å². The van der Waals surface area contributed by atoms with Crippen LogP contribution in [0.25, 0.3) is 10.9 Å². The predicted molar refractivity (Wildman–Crippen MR) is 77.8 cm³/mol. The van der Waals surface area contributed by atoms with E-state index < -0.39 is 0 Å². The summed E-state index contributed by atoms with van der Waals surface area (Å²) in [7, 11) is 0. The number of aryl methyl sites for hydroxylation is 1. The Morgan fingerprint density at radius 2 is 1.95 bits per heavy atom. The van der Waals surface area contributed by atoms with Crippen LogP contribution in [0.3, 0.4) is 0 Å². The summed E-state index contributed by atoms with van der Waals surface area (Å²) in [5.74, 6) is 0. The van der Waals surface area contributed by atoms with E-state index >= 15 is 0 Å². The zero-order valence-corrected chi connectivity index (χ0v) is 11.0. The van der Waals surface area contributed by atoms with E-state index in [-0.39, 0.29) is 0 Å². The number of fused-ring (bicyclic) bond motifs is 1. The van der Waals surface area contributed by atoms with Gasteiger partial charge in [-0.15, -0.1) is 0 Å². The van der Waals surface area contributed by atoms with Crippen molar-refractivity contribution in [3.63, 3.8) is 0 Å². The zero-order chi connectivity index (χ0) is 13.1. The lowest BCUT2D eigenvalue weighted by atomic mass is 10.2. The standard InChI is InChI=1S/C16H17N3/c1-12-5-4-6-14(19-12)11-17-9-13-10-18-16-8-3-2-7-15(13)16/h2-8,10,17-18H,9,11H2,1H3. The van der Waals surface area contributed by atoms with Crippen LogP contribution in [0.2, 0.25) is 0 Å². The van der Waals surface area contributed by atoms with Gasteiger partial charge in [0.05, 0.1) is 5.69 Å². The first-order valence-electron chi connectivity index (χ1n) is 6.51. The monoisotopic (exact) mass is 251 g/mol. The van der Waals surface area contributed by atoms with Crippen molar-refractivity contribution in [2.24, 2.45) is 0 Å². The molecule has 1 aromatic carbocycles. The molecule has 0 saturated carbocycles. The maximum absolute atomic E-state index is 4.48. The molecule has 0 saturated heterocycles. The van der Waals surface area contributed by atoms with E-state index in [1.807, 2.05) is 25.1 Å². The molecule has 0 fully saturated rings. The molecule has 3 rings (SSSR count). The van der Waals surface area contributed by atoms with E-state index in [0.717, 1.165) is 24.5 Å². The first kappa shape index (κ1) is 11.9. The summed E-state index contributed by atoms with van der Waals surface area (Å²) in [4.78, 5) is 7.77. The summed E-state index contributed by atoms with van der Waals surface area (Å²) in [6, 6.07) is 14.5. The molecule has 96 valence electrons. The van der Waals surface area contributed by atoms with Crippen LogP contribution in [0.4, 0.5) is 0 Å². The Balaban J connectivity index is 1.66. The normalized spacial score (nSPS) is 11.0. The topological polar surface area (TPSA) is 40.7 Å². The second kappa shape index (κ2) is 5.24. The lowest BCUT2D eigenvalue weighted by molar-refractivity contribution is 0.681. The van der Waals surface area contributed by atoms with Gasteiger partial charge < -0.3 is 10.3 Å². The number of rotatable bonds is 4. The maximum atomic E-state index is 4.48. The average Bonchev–Trinajstić information content (AvgIpc) is 2.83. The zero-order valence-electron chi connectivity index (χ0n) is 11.0. The van der Waals surface area contributed by atoms with Gasteiger partial charge in [0.15, 0.2) is 0 Å². The summed E-state index contributed by atoms with van der Waals surface area (Å²) in [5, 5.41) is 4.73. The molecule has 0 radical (unpaired) electrons. The highest BCUT2D eigenvalue weighted by Crippen LogP contribution is 2.17. The van der Waals surface area contributed by atoms with Gasteiger partial charge in [0.25, 0.3) is 0 Å². The molecule has 0 aliphatic heterocycles. The van der Waals surface area contributed by atoms with Crippen LogP contribution in [0.15, 0.2) is 48.7 Å². The number of aromatic amines is 1. The minimum Gasteiger partial charge on any atom is -0.361 e. The molecule has 19 heavy (non-hydrogen) atoms. The van der Waals surface area contributed by atoms with Gasteiger partial charge in [0, 0.05) is 35.9 Å². The lowest BCUT2D eigenvalue weighted by Gasteiger charge is -2.04. The molecular formula is C16H17N3. The van der Waals surface area contributed by atoms with Gasteiger partial charge in [-0.3, -0.25) is 4.98 Å². The molecule has 2 N–H and O–H groups in total.